The maximum atomic E-state index is 12.2. The van der Waals surface area contributed by atoms with Crippen LogP contribution in [0.25, 0.3) is 0 Å². The summed E-state index contributed by atoms with van der Waals surface area (Å²) in [6, 6.07) is 9.80. The van der Waals surface area contributed by atoms with E-state index in [1.165, 1.54) is 0 Å². The van der Waals surface area contributed by atoms with Gasteiger partial charge in [0.15, 0.2) is 0 Å². The smallest absolute Gasteiger partial charge is 0.248 e. The maximum Gasteiger partial charge on any atom is 0.248 e. The number of primary amides is 1. The van der Waals surface area contributed by atoms with Gasteiger partial charge in [-0.2, -0.15) is 0 Å². The van der Waals surface area contributed by atoms with Crippen molar-refractivity contribution in [2.24, 2.45) is 5.73 Å². The van der Waals surface area contributed by atoms with Crippen LogP contribution in [0.5, 0.6) is 0 Å². The molecule has 116 valence electrons. The van der Waals surface area contributed by atoms with Crippen LogP contribution >= 0.6 is 0 Å². The standard InChI is InChI=1S/C16H19N3O3/c1-11(19(2)10-14-4-3-9-22-14)16(21)18-13-7-5-12(6-8-13)15(17)20/h3-9,11H,10H2,1-2H3,(H2,17,20)(H,18,21)/t11-/m0/s1. The first-order chi connectivity index (χ1) is 10.5. The molecule has 2 aromatic rings. The van der Waals surface area contributed by atoms with E-state index in [4.69, 9.17) is 10.2 Å². The van der Waals surface area contributed by atoms with Crippen LogP contribution < -0.4 is 11.1 Å². The lowest BCUT2D eigenvalue weighted by atomic mass is 10.2. The monoisotopic (exact) mass is 301 g/mol. The molecule has 0 radical (unpaired) electrons. The van der Waals surface area contributed by atoms with Gasteiger partial charge in [0.25, 0.3) is 0 Å². The van der Waals surface area contributed by atoms with Crippen LogP contribution in [-0.4, -0.2) is 29.8 Å². The zero-order valence-corrected chi connectivity index (χ0v) is 12.6. The van der Waals surface area contributed by atoms with Crippen molar-refractivity contribution in [3.05, 3.63) is 54.0 Å². The Bertz CT molecular complexity index is 635. The Morgan fingerprint density at radius 3 is 2.50 bits per heavy atom. The average molecular weight is 301 g/mol. The quantitative estimate of drug-likeness (QED) is 0.852. The molecule has 0 bridgehead atoms. The molecule has 1 aromatic carbocycles. The normalized spacial score (nSPS) is 12.1. The number of anilines is 1. The van der Waals surface area contributed by atoms with E-state index in [1.807, 2.05) is 31.0 Å². The summed E-state index contributed by atoms with van der Waals surface area (Å²) in [5.74, 6) is 0.165. The fourth-order valence-corrected chi connectivity index (χ4v) is 1.95. The lowest BCUT2D eigenvalue weighted by Gasteiger charge is -2.22. The van der Waals surface area contributed by atoms with Crippen LogP contribution in [-0.2, 0) is 11.3 Å². The van der Waals surface area contributed by atoms with E-state index in [0.29, 0.717) is 17.8 Å². The molecule has 0 aliphatic carbocycles. The van der Waals surface area contributed by atoms with Crippen LogP contribution in [0.1, 0.15) is 23.0 Å². The van der Waals surface area contributed by atoms with Gasteiger partial charge in [-0.3, -0.25) is 14.5 Å². The molecule has 0 fully saturated rings. The molecule has 3 N–H and O–H groups in total. The van der Waals surface area contributed by atoms with Crippen LogP contribution in [0.2, 0.25) is 0 Å². The molecule has 22 heavy (non-hydrogen) atoms. The number of nitrogens with two attached hydrogens (primary N) is 1. The molecule has 0 aliphatic rings. The number of hydrogen-bond donors (Lipinski definition) is 2. The highest BCUT2D eigenvalue weighted by Gasteiger charge is 2.19. The van der Waals surface area contributed by atoms with Crippen molar-refractivity contribution in [3.63, 3.8) is 0 Å². The fraction of sp³-hybridized carbons (Fsp3) is 0.250. The number of benzene rings is 1. The Morgan fingerprint density at radius 2 is 1.95 bits per heavy atom. The minimum Gasteiger partial charge on any atom is -0.468 e. The molecule has 0 saturated carbocycles. The van der Waals surface area contributed by atoms with Crippen LogP contribution in [0.4, 0.5) is 5.69 Å². The van der Waals surface area contributed by atoms with Gasteiger partial charge in [0, 0.05) is 11.3 Å². The number of nitrogens with zero attached hydrogens (tertiary/aromatic N) is 1. The highest BCUT2D eigenvalue weighted by molar-refractivity contribution is 5.96. The van der Waals surface area contributed by atoms with Crippen molar-refractivity contribution in [2.45, 2.75) is 19.5 Å². The Kier molecular flexibility index (Phi) is 4.95. The predicted octanol–water partition coefficient (Wildman–Crippen LogP) is 1.84. The summed E-state index contributed by atoms with van der Waals surface area (Å²) < 4.78 is 5.27. The van der Waals surface area contributed by atoms with Crippen molar-refractivity contribution >= 4 is 17.5 Å². The van der Waals surface area contributed by atoms with Gasteiger partial charge in [-0.25, -0.2) is 0 Å². The molecule has 1 aromatic heterocycles. The second-order valence-electron chi connectivity index (χ2n) is 5.10. The number of carbonyl (C=O) groups is 2. The Balaban J connectivity index is 1.94. The lowest BCUT2D eigenvalue weighted by molar-refractivity contribution is -0.120. The third-order valence-corrected chi connectivity index (χ3v) is 3.46. The number of amides is 2. The van der Waals surface area contributed by atoms with Gasteiger partial charge >= 0.3 is 0 Å². The van der Waals surface area contributed by atoms with E-state index < -0.39 is 5.91 Å². The number of nitrogens with one attached hydrogen (secondary N) is 1. The average Bonchev–Trinajstić information content (AvgIpc) is 2.99. The molecular weight excluding hydrogens is 282 g/mol. The molecule has 1 heterocycles. The number of rotatable bonds is 6. The second kappa shape index (κ2) is 6.91. The highest BCUT2D eigenvalue weighted by Crippen LogP contribution is 2.12. The molecule has 0 aliphatic heterocycles. The summed E-state index contributed by atoms with van der Waals surface area (Å²) >= 11 is 0. The summed E-state index contributed by atoms with van der Waals surface area (Å²) in [6.45, 7) is 2.36. The summed E-state index contributed by atoms with van der Waals surface area (Å²) in [5.41, 5.74) is 6.20. The van der Waals surface area contributed by atoms with Gasteiger partial charge in [-0.05, 0) is 50.4 Å². The first-order valence-corrected chi connectivity index (χ1v) is 6.90. The third kappa shape index (κ3) is 3.95. The molecule has 0 unspecified atom stereocenters. The van der Waals surface area contributed by atoms with Gasteiger partial charge in [0.1, 0.15) is 5.76 Å². The van der Waals surface area contributed by atoms with Crippen molar-refractivity contribution < 1.29 is 14.0 Å². The Labute approximate surface area is 128 Å². The number of likely N-dealkylation sites (N-methyl/N-ethyl adjacent to an activating group) is 1. The van der Waals surface area contributed by atoms with Gasteiger partial charge in [0.05, 0.1) is 18.8 Å². The first kappa shape index (κ1) is 15.8. The van der Waals surface area contributed by atoms with E-state index in [0.717, 1.165) is 5.76 Å². The predicted molar refractivity (Wildman–Crippen MR) is 83.2 cm³/mol. The summed E-state index contributed by atoms with van der Waals surface area (Å²) in [7, 11) is 1.85. The fourth-order valence-electron chi connectivity index (χ4n) is 1.95. The van der Waals surface area contributed by atoms with E-state index in [-0.39, 0.29) is 11.9 Å². The van der Waals surface area contributed by atoms with Crippen LogP contribution in [0, 0.1) is 0 Å². The number of carbonyl (C=O) groups excluding carboxylic acids is 2. The molecule has 2 amide bonds. The highest BCUT2D eigenvalue weighted by atomic mass is 16.3. The summed E-state index contributed by atoms with van der Waals surface area (Å²) in [4.78, 5) is 25.1. The van der Waals surface area contributed by atoms with Gasteiger partial charge < -0.3 is 15.5 Å². The largest absolute Gasteiger partial charge is 0.468 e. The molecule has 1 atom stereocenters. The molecule has 6 nitrogen and oxygen atoms in total. The van der Waals surface area contributed by atoms with E-state index in [1.54, 1.807) is 30.5 Å². The maximum absolute atomic E-state index is 12.2. The Morgan fingerprint density at radius 1 is 1.27 bits per heavy atom. The van der Waals surface area contributed by atoms with Crippen molar-refractivity contribution in [3.8, 4) is 0 Å². The SMILES string of the molecule is C[C@@H](C(=O)Nc1ccc(C(N)=O)cc1)N(C)Cc1ccco1. The first-order valence-electron chi connectivity index (χ1n) is 6.90. The van der Waals surface area contributed by atoms with Crippen LogP contribution in [0.3, 0.4) is 0 Å². The topological polar surface area (TPSA) is 88.6 Å². The molecular formula is C16H19N3O3. The van der Waals surface area contributed by atoms with Crippen molar-refractivity contribution in [1.82, 2.24) is 4.90 Å². The Hall–Kier alpha value is -2.60. The molecule has 0 saturated heterocycles. The second-order valence-corrected chi connectivity index (χ2v) is 5.10. The number of furan rings is 1. The zero-order valence-electron chi connectivity index (χ0n) is 12.6. The summed E-state index contributed by atoms with van der Waals surface area (Å²) in [5, 5.41) is 2.81. The molecule has 0 spiro atoms. The van der Waals surface area contributed by atoms with Gasteiger partial charge in [0.2, 0.25) is 11.8 Å². The van der Waals surface area contributed by atoms with Gasteiger partial charge in [-0.15, -0.1) is 0 Å². The van der Waals surface area contributed by atoms with Crippen molar-refractivity contribution in [2.75, 3.05) is 12.4 Å². The minimum absolute atomic E-state index is 0.138. The van der Waals surface area contributed by atoms with Crippen LogP contribution in [0.15, 0.2) is 47.1 Å². The molecule has 6 heteroatoms. The molecule has 2 rings (SSSR count). The lowest BCUT2D eigenvalue weighted by Crippen LogP contribution is -2.39. The van der Waals surface area contributed by atoms with Crippen molar-refractivity contribution in [1.29, 1.82) is 0 Å². The van der Waals surface area contributed by atoms with E-state index in [2.05, 4.69) is 5.32 Å². The minimum atomic E-state index is -0.496. The van der Waals surface area contributed by atoms with Gasteiger partial charge in [-0.1, -0.05) is 0 Å². The third-order valence-electron chi connectivity index (χ3n) is 3.46. The zero-order chi connectivity index (χ0) is 16.1. The summed E-state index contributed by atoms with van der Waals surface area (Å²) in [6.07, 6.45) is 1.61. The number of hydrogen-bond acceptors (Lipinski definition) is 4. The van der Waals surface area contributed by atoms with E-state index >= 15 is 0 Å². The van der Waals surface area contributed by atoms with E-state index in [9.17, 15) is 9.59 Å².